The molecule has 2 aromatic rings. The monoisotopic (exact) mass is 259 g/mol. The summed E-state index contributed by atoms with van der Waals surface area (Å²) in [5, 5.41) is 6.34. The van der Waals surface area contributed by atoms with Gasteiger partial charge in [0.05, 0.1) is 0 Å². The van der Waals surface area contributed by atoms with Crippen LogP contribution in [0.1, 0.15) is 12.6 Å². The van der Waals surface area contributed by atoms with Crippen molar-refractivity contribution in [3.8, 4) is 0 Å². The van der Waals surface area contributed by atoms with E-state index in [0.717, 1.165) is 10.6 Å². The second-order valence-corrected chi connectivity index (χ2v) is 3.99. The smallest absolute Gasteiger partial charge is 0.367 e. The predicted octanol–water partition coefficient (Wildman–Crippen LogP) is 1.51. The number of hydrogen-bond donors (Lipinski definition) is 2. The zero-order valence-electron chi connectivity index (χ0n) is 9.57. The number of fused-ring (bicyclic) bond motifs is 1. The standard InChI is InChI=1S/C10H12F3N5/c1-6(14)5-16-9-7-4-8(10(11,12)13)17-18(7)3-2-15-9/h2-4,6H,5,14H2,1H3,(H,15,16). The van der Waals surface area contributed by atoms with Gasteiger partial charge in [0.1, 0.15) is 5.52 Å². The maximum atomic E-state index is 12.5. The molecule has 8 heteroatoms. The third-order valence-electron chi connectivity index (χ3n) is 2.27. The van der Waals surface area contributed by atoms with Crippen molar-refractivity contribution in [2.24, 2.45) is 5.73 Å². The van der Waals surface area contributed by atoms with Crippen molar-refractivity contribution >= 4 is 11.3 Å². The first kappa shape index (κ1) is 12.6. The summed E-state index contributed by atoms with van der Waals surface area (Å²) in [4.78, 5) is 3.98. The molecule has 3 N–H and O–H groups in total. The molecule has 1 atom stereocenters. The summed E-state index contributed by atoms with van der Waals surface area (Å²) in [6.45, 7) is 2.20. The lowest BCUT2D eigenvalue weighted by atomic mass is 10.3. The van der Waals surface area contributed by atoms with Gasteiger partial charge in [0.2, 0.25) is 0 Å². The minimum Gasteiger partial charge on any atom is -0.367 e. The number of nitrogens with two attached hydrogens (primary N) is 1. The van der Waals surface area contributed by atoms with Crippen LogP contribution in [0.15, 0.2) is 18.5 Å². The Morgan fingerprint density at radius 1 is 1.50 bits per heavy atom. The molecular weight excluding hydrogens is 247 g/mol. The summed E-state index contributed by atoms with van der Waals surface area (Å²) in [6.07, 6.45) is -1.73. The first-order chi connectivity index (χ1) is 8.38. The van der Waals surface area contributed by atoms with Gasteiger partial charge in [-0.1, -0.05) is 0 Å². The molecule has 0 bridgehead atoms. The molecule has 2 heterocycles. The molecule has 1 unspecified atom stereocenters. The summed E-state index contributed by atoms with van der Waals surface area (Å²) in [6, 6.07) is 0.827. The fourth-order valence-corrected chi connectivity index (χ4v) is 1.45. The summed E-state index contributed by atoms with van der Waals surface area (Å²) in [5.74, 6) is 0.331. The van der Waals surface area contributed by atoms with Crippen LogP contribution in [-0.4, -0.2) is 27.2 Å². The molecule has 0 aromatic carbocycles. The summed E-state index contributed by atoms with van der Waals surface area (Å²) >= 11 is 0. The van der Waals surface area contributed by atoms with E-state index in [1.165, 1.54) is 12.4 Å². The van der Waals surface area contributed by atoms with Crippen LogP contribution < -0.4 is 11.1 Å². The molecular formula is C10H12F3N5. The Bertz CT molecular complexity index is 546. The molecule has 0 aliphatic rings. The zero-order valence-corrected chi connectivity index (χ0v) is 9.57. The number of rotatable bonds is 3. The number of aromatic nitrogens is 3. The third kappa shape index (κ3) is 2.53. The van der Waals surface area contributed by atoms with Crippen LogP contribution in [0.25, 0.3) is 5.52 Å². The van der Waals surface area contributed by atoms with E-state index in [2.05, 4.69) is 15.4 Å². The van der Waals surface area contributed by atoms with Crippen molar-refractivity contribution in [3.63, 3.8) is 0 Å². The number of anilines is 1. The van der Waals surface area contributed by atoms with Crippen molar-refractivity contribution in [1.82, 2.24) is 14.6 Å². The molecule has 18 heavy (non-hydrogen) atoms. The number of alkyl halides is 3. The molecule has 0 fully saturated rings. The molecule has 5 nitrogen and oxygen atoms in total. The van der Waals surface area contributed by atoms with E-state index >= 15 is 0 Å². The molecule has 98 valence electrons. The number of nitrogens with one attached hydrogen (secondary N) is 1. The van der Waals surface area contributed by atoms with Gasteiger partial charge in [-0.2, -0.15) is 18.3 Å². The fourth-order valence-electron chi connectivity index (χ4n) is 1.45. The Labute approximate surface area is 101 Å². The van der Waals surface area contributed by atoms with E-state index in [1.807, 2.05) is 0 Å². The average Bonchev–Trinajstić information content (AvgIpc) is 2.69. The van der Waals surface area contributed by atoms with E-state index < -0.39 is 11.9 Å². The van der Waals surface area contributed by atoms with Crippen LogP contribution >= 0.6 is 0 Å². The molecule has 0 saturated heterocycles. The van der Waals surface area contributed by atoms with Crippen LogP contribution in [0.2, 0.25) is 0 Å². The van der Waals surface area contributed by atoms with E-state index in [-0.39, 0.29) is 11.6 Å². The highest BCUT2D eigenvalue weighted by atomic mass is 19.4. The zero-order chi connectivity index (χ0) is 13.3. The highest BCUT2D eigenvalue weighted by molar-refractivity contribution is 5.67. The highest BCUT2D eigenvalue weighted by Crippen LogP contribution is 2.29. The topological polar surface area (TPSA) is 68.2 Å². The quantitative estimate of drug-likeness (QED) is 0.876. The molecule has 0 amide bonds. The average molecular weight is 259 g/mol. The summed E-state index contributed by atoms with van der Waals surface area (Å²) in [5.41, 5.74) is 4.89. The Hall–Kier alpha value is -1.83. The van der Waals surface area contributed by atoms with Crippen LogP contribution in [0.4, 0.5) is 19.0 Å². The number of nitrogens with zero attached hydrogens (tertiary/aromatic N) is 3. The van der Waals surface area contributed by atoms with Crippen molar-refractivity contribution in [2.75, 3.05) is 11.9 Å². The normalized spacial score (nSPS) is 13.8. The Morgan fingerprint density at radius 2 is 2.22 bits per heavy atom. The predicted molar refractivity (Wildman–Crippen MR) is 60.1 cm³/mol. The van der Waals surface area contributed by atoms with Gasteiger partial charge in [-0.05, 0) is 6.92 Å². The largest absolute Gasteiger partial charge is 0.435 e. The van der Waals surface area contributed by atoms with Gasteiger partial charge >= 0.3 is 6.18 Å². The maximum Gasteiger partial charge on any atom is 0.435 e. The van der Waals surface area contributed by atoms with Gasteiger partial charge in [0, 0.05) is 31.0 Å². The Balaban J connectivity index is 2.39. The van der Waals surface area contributed by atoms with Crippen molar-refractivity contribution in [1.29, 1.82) is 0 Å². The molecule has 0 aliphatic carbocycles. The Morgan fingerprint density at radius 3 is 2.83 bits per heavy atom. The van der Waals surface area contributed by atoms with E-state index in [4.69, 9.17) is 5.73 Å². The molecule has 0 spiro atoms. The van der Waals surface area contributed by atoms with E-state index in [0.29, 0.717) is 12.4 Å². The van der Waals surface area contributed by atoms with Crippen LogP contribution in [0.3, 0.4) is 0 Å². The van der Waals surface area contributed by atoms with Gasteiger partial charge in [-0.15, -0.1) is 0 Å². The molecule has 0 saturated carbocycles. The SMILES string of the molecule is CC(N)CNc1nccn2nc(C(F)(F)F)cc12. The molecule has 2 rings (SSSR count). The van der Waals surface area contributed by atoms with Gasteiger partial charge in [0.25, 0.3) is 0 Å². The lowest BCUT2D eigenvalue weighted by Crippen LogP contribution is -2.25. The maximum absolute atomic E-state index is 12.5. The first-order valence-electron chi connectivity index (χ1n) is 5.29. The van der Waals surface area contributed by atoms with Gasteiger partial charge in [0.15, 0.2) is 11.5 Å². The molecule has 2 aromatic heterocycles. The van der Waals surface area contributed by atoms with Gasteiger partial charge in [-0.3, -0.25) is 0 Å². The van der Waals surface area contributed by atoms with Crippen LogP contribution in [0, 0.1) is 0 Å². The van der Waals surface area contributed by atoms with E-state index in [1.54, 1.807) is 6.92 Å². The minimum absolute atomic E-state index is 0.128. The third-order valence-corrected chi connectivity index (χ3v) is 2.27. The van der Waals surface area contributed by atoms with Gasteiger partial charge < -0.3 is 11.1 Å². The molecule has 0 aliphatic heterocycles. The van der Waals surface area contributed by atoms with Crippen LogP contribution in [-0.2, 0) is 6.18 Å². The fraction of sp³-hybridized carbons (Fsp3) is 0.400. The van der Waals surface area contributed by atoms with E-state index in [9.17, 15) is 13.2 Å². The Kier molecular flexibility index (Phi) is 3.12. The van der Waals surface area contributed by atoms with Crippen molar-refractivity contribution < 1.29 is 13.2 Å². The number of hydrogen-bond acceptors (Lipinski definition) is 4. The summed E-state index contributed by atoms with van der Waals surface area (Å²) in [7, 11) is 0. The lowest BCUT2D eigenvalue weighted by molar-refractivity contribution is -0.141. The van der Waals surface area contributed by atoms with Crippen LogP contribution in [0.5, 0.6) is 0 Å². The lowest BCUT2D eigenvalue weighted by Gasteiger charge is -2.08. The second-order valence-electron chi connectivity index (χ2n) is 3.99. The van der Waals surface area contributed by atoms with Crippen molar-refractivity contribution in [2.45, 2.75) is 19.1 Å². The van der Waals surface area contributed by atoms with Crippen molar-refractivity contribution in [3.05, 3.63) is 24.2 Å². The minimum atomic E-state index is -4.47. The second kappa shape index (κ2) is 4.45. The molecule has 0 radical (unpaired) electrons. The highest BCUT2D eigenvalue weighted by Gasteiger charge is 2.34. The first-order valence-corrected chi connectivity index (χ1v) is 5.29. The van der Waals surface area contributed by atoms with Gasteiger partial charge in [-0.25, -0.2) is 9.50 Å². The summed E-state index contributed by atoms with van der Waals surface area (Å²) < 4.78 is 38.7. The number of halogens is 3.